The van der Waals surface area contributed by atoms with Crippen LogP contribution in [0.25, 0.3) is 22.8 Å². The molecule has 9 nitrogen and oxygen atoms in total. The Balaban J connectivity index is 1.49. The first-order valence-corrected chi connectivity index (χ1v) is 11.4. The lowest BCUT2D eigenvalue weighted by atomic mass is 10.0. The number of rotatable bonds is 7. The molecule has 0 aliphatic carbocycles. The normalized spacial score (nSPS) is 14.5. The molecule has 174 valence electrons. The van der Waals surface area contributed by atoms with E-state index in [0.29, 0.717) is 23.8 Å². The number of aromatic nitrogens is 4. The smallest absolute Gasteiger partial charge is 0.222 e. The van der Waals surface area contributed by atoms with Crippen molar-refractivity contribution < 1.29 is 4.79 Å². The van der Waals surface area contributed by atoms with Crippen molar-refractivity contribution in [2.75, 3.05) is 37.8 Å². The van der Waals surface area contributed by atoms with Gasteiger partial charge in [0.15, 0.2) is 17.3 Å². The number of H-pyrrole nitrogens is 1. The Bertz CT molecular complexity index is 1090. The third-order valence-corrected chi connectivity index (χ3v) is 6.27. The first kappa shape index (κ1) is 22.7. The van der Waals surface area contributed by atoms with Crippen LogP contribution in [-0.4, -0.2) is 64.0 Å². The quantitative estimate of drug-likeness (QED) is 0.509. The maximum atomic E-state index is 12.0. The lowest BCUT2D eigenvalue weighted by Gasteiger charge is -2.37. The molecule has 0 unspecified atom stereocenters. The van der Waals surface area contributed by atoms with E-state index in [1.54, 1.807) is 12.4 Å². The van der Waals surface area contributed by atoms with Crippen molar-refractivity contribution in [2.24, 2.45) is 0 Å². The Morgan fingerprint density at radius 2 is 1.94 bits per heavy atom. The van der Waals surface area contributed by atoms with Crippen LogP contribution in [0, 0.1) is 0 Å². The zero-order valence-electron chi connectivity index (χ0n) is 19.5. The number of carbonyl (C=O) groups is 1. The molecule has 1 saturated heterocycles. The van der Waals surface area contributed by atoms with Crippen molar-refractivity contribution in [1.29, 1.82) is 0 Å². The summed E-state index contributed by atoms with van der Waals surface area (Å²) in [5.74, 6) is 1.90. The van der Waals surface area contributed by atoms with Crippen LogP contribution in [0.1, 0.15) is 31.7 Å². The summed E-state index contributed by atoms with van der Waals surface area (Å²) >= 11 is 0. The Labute approximate surface area is 194 Å². The summed E-state index contributed by atoms with van der Waals surface area (Å²) in [5.41, 5.74) is 9.87. The first-order chi connectivity index (χ1) is 16.0. The number of nitrogen functional groups attached to an aromatic ring is 1. The number of hydrogen-bond acceptors (Lipinski definition) is 7. The van der Waals surface area contributed by atoms with Crippen molar-refractivity contribution in [1.82, 2.24) is 30.2 Å². The minimum absolute atomic E-state index is 0.188. The van der Waals surface area contributed by atoms with Gasteiger partial charge in [0.05, 0.1) is 18.1 Å². The van der Waals surface area contributed by atoms with Crippen LogP contribution >= 0.6 is 0 Å². The monoisotopic (exact) mass is 448 g/mol. The van der Waals surface area contributed by atoms with Crippen molar-refractivity contribution in [2.45, 2.75) is 38.8 Å². The second kappa shape index (κ2) is 9.99. The number of nitrogens with one attached hydrogen (secondary N) is 2. The second-order valence-electron chi connectivity index (χ2n) is 8.41. The standard InChI is InChI=1S/C24H32N8O/c1-4-21(33)31(3)18-9-11-32(12-10-18)20-15-27-23(25)22(30-20)24-28-14-19(29-24)17-7-5-16(6-8-17)13-26-2/h5-8,14-15,18,26H,4,9-13H2,1-3H3,(H2,25,27)(H,28,29). The minimum Gasteiger partial charge on any atom is -0.382 e. The third-order valence-electron chi connectivity index (χ3n) is 6.27. The molecule has 0 atom stereocenters. The van der Waals surface area contributed by atoms with Crippen LogP contribution in [0.15, 0.2) is 36.7 Å². The molecule has 4 rings (SSSR count). The molecule has 4 N–H and O–H groups in total. The van der Waals surface area contributed by atoms with E-state index >= 15 is 0 Å². The predicted octanol–water partition coefficient (Wildman–Crippen LogP) is 2.67. The summed E-state index contributed by atoms with van der Waals surface area (Å²) in [6, 6.07) is 8.59. The topological polar surface area (TPSA) is 116 Å². The van der Waals surface area contributed by atoms with Crippen LogP contribution in [0.4, 0.5) is 11.6 Å². The van der Waals surface area contributed by atoms with Crippen LogP contribution in [0.5, 0.6) is 0 Å². The molecule has 9 heteroatoms. The molecule has 1 aromatic carbocycles. The molecule has 0 saturated carbocycles. The van der Waals surface area contributed by atoms with Crippen molar-refractivity contribution >= 4 is 17.5 Å². The van der Waals surface area contributed by atoms with Gasteiger partial charge in [0.2, 0.25) is 5.91 Å². The van der Waals surface area contributed by atoms with Crippen LogP contribution in [-0.2, 0) is 11.3 Å². The molecule has 2 aromatic heterocycles. The number of nitrogens with zero attached hydrogens (tertiary/aromatic N) is 5. The number of benzene rings is 1. The van der Waals surface area contributed by atoms with Gasteiger partial charge < -0.3 is 25.8 Å². The number of aromatic amines is 1. The zero-order chi connectivity index (χ0) is 23.4. The van der Waals surface area contributed by atoms with E-state index in [-0.39, 0.29) is 11.9 Å². The fourth-order valence-corrected chi connectivity index (χ4v) is 4.25. The fraction of sp³-hybridized carbons (Fsp3) is 0.417. The van der Waals surface area contributed by atoms with Crippen molar-refractivity contribution in [3.63, 3.8) is 0 Å². The number of hydrogen-bond donors (Lipinski definition) is 3. The number of piperidine rings is 1. The lowest BCUT2D eigenvalue weighted by Crippen LogP contribution is -2.45. The summed E-state index contributed by atoms with van der Waals surface area (Å²) in [6.45, 7) is 4.35. The number of anilines is 2. The highest BCUT2D eigenvalue weighted by Crippen LogP contribution is 2.27. The highest BCUT2D eigenvalue weighted by atomic mass is 16.2. The van der Waals surface area contributed by atoms with Gasteiger partial charge in [-0.25, -0.2) is 15.0 Å². The summed E-state index contributed by atoms with van der Waals surface area (Å²) in [7, 11) is 3.83. The highest BCUT2D eigenvalue weighted by Gasteiger charge is 2.26. The summed E-state index contributed by atoms with van der Waals surface area (Å²) in [6.07, 6.45) is 5.84. The highest BCUT2D eigenvalue weighted by molar-refractivity contribution is 5.76. The summed E-state index contributed by atoms with van der Waals surface area (Å²) < 4.78 is 0. The van der Waals surface area contributed by atoms with Gasteiger partial charge in [-0.05, 0) is 31.0 Å². The average molecular weight is 449 g/mol. The number of nitrogens with two attached hydrogens (primary N) is 1. The molecule has 1 fully saturated rings. The minimum atomic E-state index is 0.188. The predicted molar refractivity (Wildman–Crippen MR) is 131 cm³/mol. The average Bonchev–Trinajstić information content (AvgIpc) is 3.34. The molecule has 3 aromatic rings. The van der Waals surface area contributed by atoms with Crippen LogP contribution in [0.2, 0.25) is 0 Å². The maximum absolute atomic E-state index is 12.0. The third kappa shape index (κ3) is 4.98. The molecule has 0 spiro atoms. The summed E-state index contributed by atoms with van der Waals surface area (Å²) in [4.78, 5) is 33.1. The van der Waals surface area contributed by atoms with Gasteiger partial charge >= 0.3 is 0 Å². The molecular weight excluding hydrogens is 416 g/mol. The van der Waals surface area contributed by atoms with Gasteiger partial charge in [0.1, 0.15) is 5.82 Å². The van der Waals surface area contributed by atoms with Crippen LogP contribution < -0.4 is 16.0 Å². The fourth-order valence-electron chi connectivity index (χ4n) is 4.25. The summed E-state index contributed by atoms with van der Waals surface area (Å²) in [5, 5.41) is 3.15. The van der Waals surface area contributed by atoms with E-state index in [0.717, 1.165) is 49.6 Å². The van der Waals surface area contributed by atoms with E-state index in [4.69, 9.17) is 10.7 Å². The maximum Gasteiger partial charge on any atom is 0.222 e. The van der Waals surface area contributed by atoms with E-state index in [9.17, 15) is 4.79 Å². The van der Waals surface area contributed by atoms with Gasteiger partial charge in [0, 0.05) is 39.1 Å². The van der Waals surface area contributed by atoms with E-state index in [2.05, 4.69) is 49.4 Å². The second-order valence-corrected chi connectivity index (χ2v) is 8.41. The molecular formula is C24H32N8O. The van der Waals surface area contributed by atoms with E-state index < -0.39 is 0 Å². The number of amides is 1. The van der Waals surface area contributed by atoms with Crippen molar-refractivity contribution in [3.05, 3.63) is 42.2 Å². The molecule has 0 radical (unpaired) electrons. The number of imidazole rings is 1. The Kier molecular flexibility index (Phi) is 6.88. The largest absolute Gasteiger partial charge is 0.382 e. The van der Waals surface area contributed by atoms with Gasteiger partial charge in [-0.1, -0.05) is 31.2 Å². The van der Waals surface area contributed by atoms with Gasteiger partial charge in [-0.3, -0.25) is 4.79 Å². The molecule has 33 heavy (non-hydrogen) atoms. The molecule has 0 bridgehead atoms. The number of carbonyl (C=O) groups excluding carboxylic acids is 1. The Morgan fingerprint density at radius 1 is 1.21 bits per heavy atom. The van der Waals surface area contributed by atoms with Gasteiger partial charge in [-0.2, -0.15) is 0 Å². The molecule has 3 heterocycles. The lowest BCUT2D eigenvalue weighted by molar-refractivity contribution is -0.131. The molecule has 1 amide bonds. The van der Waals surface area contributed by atoms with Gasteiger partial charge in [0.25, 0.3) is 0 Å². The van der Waals surface area contributed by atoms with Crippen LogP contribution in [0.3, 0.4) is 0 Å². The molecule has 1 aliphatic heterocycles. The first-order valence-electron chi connectivity index (χ1n) is 11.4. The SMILES string of the molecule is CCC(=O)N(C)C1CCN(c2cnc(N)c(-c3ncc(-c4ccc(CNC)cc4)[nH]3)n2)CC1. The Hall–Kier alpha value is -3.46. The van der Waals surface area contributed by atoms with E-state index in [1.807, 2.05) is 25.9 Å². The van der Waals surface area contributed by atoms with E-state index in [1.165, 1.54) is 5.56 Å². The zero-order valence-corrected chi connectivity index (χ0v) is 19.5. The molecule has 1 aliphatic rings. The van der Waals surface area contributed by atoms with Gasteiger partial charge in [-0.15, -0.1) is 0 Å². The Morgan fingerprint density at radius 3 is 2.61 bits per heavy atom. The van der Waals surface area contributed by atoms with Crippen molar-refractivity contribution in [3.8, 4) is 22.8 Å².